The van der Waals surface area contributed by atoms with Gasteiger partial charge in [0.1, 0.15) is 6.07 Å². The molecule has 4 heteroatoms. The van der Waals surface area contributed by atoms with Crippen molar-refractivity contribution in [3.05, 3.63) is 23.3 Å². The molecule has 2 rings (SSSR count). The Morgan fingerprint density at radius 2 is 2.06 bits per heavy atom. The van der Waals surface area contributed by atoms with E-state index in [4.69, 9.17) is 11.0 Å². The maximum atomic E-state index is 9.13. The van der Waals surface area contributed by atoms with Crippen molar-refractivity contribution < 1.29 is 0 Å². The molecule has 1 aliphatic heterocycles. The summed E-state index contributed by atoms with van der Waals surface area (Å²) in [5, 5.41) is 12.4. The van der Waals surface area contributed by atoms with E-state index in [2.05, 4.69) is 16.3 Å². The lowest BCUT2D eigenvalue weighted by Gasteiger charge is -2.30. The van der Waals surface area contributed by atoms with E-state index in [0.29, 0.717) is 5.56 Å². The average molecular weight is 216 g/mol. The molecule has 16 heavy (non-hydrogen) atoms. The number of hydrogen-bond donors (Lipinski definition) is 2. The van der Waals surface area contributed by atoms with Crippen molar-refractivity contribution in [3.8, 4) is 6.07 Å². The first kappa shape index (κ1) is 10.8. The van der Waals surface area contributed by atoms with Gasteiger partial charge in [0, 0.05) is 31.9 Å². The first-order valence-corrected chi connectivity index (χ1v) is 5.48. The largest absolute Gasteiger partial charge is 0.398 e. The Bertz CT molecular complexity index is 427. The summed E-state index contributed by atoms with van der Waals surface area (Å²) in [6.45, 7) is 5.70. The molecule has 0 saturated carbocycles. The fraction of sp³-hybridized carbons (Fsp3) is 0.417. The predicted molar refractivity (Wildman–Crippen MR) is 65.4 cm³/mol. The highest BCUT2D eigenvalue weighted by Crippen LogP contribution is 2.26. The highest BCUT2D eigenvalue weighted by atomic mass is 15.2. The zero-order valence-corrected chi connectivity index (χ0v) is 9.45. The standard InChI is InChI=1S/C12H16N4/c1-9-6-10(8-13)12(7-11(9)14)16-4-2-15-3-5-16/h6-7,15H,2-5,14H2,1H3. The first-order valence-electron chi connectivity index (χ1n) is 5.48. The number of anilines is 2. The number of rotatable bonds is 1. The van der Waals surface area contributed by atoms with E-state index in [1.54, 1.807) is 0 Å². The average Bonchev–Trinajstić information content (AvgIpc) is 2.33. The Morgan fingerprint density at radius 1 is 1.38 bits per heavy atom. The number of hydrogen-bond acceptors (Lipinski definition) is 4. The summed E-state index contributed by atoms with van der Waals surface area (Å²) in [5.74, 6) is 0. The molecular weight excluding hydrogens is 200 g/mol. The highest BCUT2D eigenvalue weighted by Gasteiger charge is 2.15. The van der Waals surface area contributed by atoms with Gasteiger partial charge in [0.2, 0.25) is 0 Å². The Hall–Kier alpha value is -1.73. The molecule has 1 heterocycles. The zero-order valence-electron chi connectivity index (χ0n) is 9.45. The number of nitrogen functional groups attached to an aromatic ring is 1. The summed E-state index contributed by atoms with van der Waals surface area (Å²) in [7, 11) is 0. The van der Waals surface area contributed by atoms with E-state index in [1.807, 2.05) is 19.1 Å². The van der Waals surface area contributed by atoms with E-state index in [0.717, 1.165) is 43.1 Å². The Morgan fingerprint density at radius 3 is 2.69 bits per heavy atom. The van der Waals surface area contributed by atoms with Crippen molar-refractivity contribution in [1.29, 1.82) is 5.26 Å². The molecule has 0 bridgehead atoms. The van der Waals surface area contributed by atoms with Crippen LogP contribution < -0.4 is 16.0 Å². The number of piperazine rings is 1. The molecule has 3 N–H and O–H groups in total. The van der Waals surface area contributed by atoms with Gasteiger partial charge in [-0.25, -0.2) is 0 Å². The molecule has 1 aromatic carbocycles. The van der Waals surface area contributed by atoms with Gasteiger partial charge >= 0.3 is 0 Å². The summed E-state index contributed by atoms with van der Waals surface area (Å²) in [5.41, 5.74) is 9.31. The molecule has 4 nitrogen and oxygen atoms in total. The van der Waals surface area contributed by atoms with E-state index < -0.39 is 0 Å². The number of nitrogens with two attached hydrogens (primary N) is 1. The van der Waals surface area contributed by atoms with Crippen LogP contribution >= 0.6 is 0 Å². The van der Waals surface area contributed by atoms with Crippen LogP contribution in [0.2, 0.25) is 0 Å². The minimum Gasteiger partial charge on any atom is -0.398 e. The molecule has 0 aromatic heterocycles. The maximum absolute atomic E-state index is 9.13. The van der Waals surface area contributed by atoms with Crippen molar-refractivity contribution in [2.45, 2.75) is 6.92 Å². The van der Waals surface area contributed by atoms with Crippen molar-refractivity contribution in [1.82, 2.24) is 5.32 Å². The van der Waals surface area contributed by atoms with E-state index >= 15 is 0 Å². The van der Waals surface area contributed by atoms with Crippen LogP contribution in [0.15, 0.2) is 12.1 Å². The zero-order chi connectivity index (χ0) is 11.5. The quantitative estimate of drug-likeness (QED) is 0.683. The van der Waals surface area contributed by atoms with Crippen molar-refractivity contribution in [2.24, 2.45) is 0 Å². The maximum Gasteiger partial charge on any atom is 0.101 e. The fourth-order valence-corrected chi connectivity index (χ4v) is 1.97. The van der Waals surface area contributed by atoms with Crippen molar-refractivity contribution >= 4 is 11.4 Å². The predicted octanol–water partition coefficient (Wildman–Crippen LogP) is 0.859. The summed E-state index contributed by atoms with van der Waals surface area (Å²) >= 11 is 0. The second-order valence-electron chi connectivity index (χ2n) is 4.07. The SMILES string of the molecule is Cc1cc(C#N)c(N2CCNCC2)cc1N. The number of nitriles is 1. The molecule has 84 valence electrons. The minimum absolute atomic E-state index is 0.716. The third-order valence-electron chi connectivity index (χ3n) is 2.96. The molecule has 0 spiro atoms. The van der Waals surface area contributed by atoms with Crippen LogP contribution in [-0.4, -0.2) is 26.2 Å². The number of benzene rings is 1. The minimum atomic E-state index is 0.716. The third-order valence-corrected chi connectivity index (χ3v) is 2.96. The van der Waals surface area contributed by atoms with E-state index in [1.165, 1.54) is 0 Å². The smallest absolute Gasteiger partial charge is 0.101 e. The highest BCUT2D eigenvalue weighted by molar-refractivity contribution is 5.68. The summed E-state index contributed by atoms with van der Waals surface area (Å²) < 4.78 is 0. The van der Waals surface area contributed by atoms with Gasteiger partial charge < -0.3 is 16.0 Å². The summed E-state index contributed by atoms with van der Waals surface area (Å²) in [6.07, 6.45) is 0. The number of nitrogens with one attached hydrogen (secondary N) is 1. The van der Waals surface area contributed by atoms with Gasteiger partial charge in [0.05, 0.1) is 11.3 Å². The Balaban J connectivity index is 2.38. The van der Waals surface area contributed by atoms with E-state index in [-0.39, 0.29) is 0 Å². The van der Waals surface area contributed by atoms with Gasteiger partial charge in [-0.1, -0.05) is 0 Å². The summed E-state index contributed by atoms with van der Waals surface area (Å²) in [6, 6.07) is 6.03. The van der Waals surface area contributed by atoms with Crippen LogP contribution in [0, 0.1) is 18.3 Å². The lowest BCUT2D eigenvalue weighted by atomic mass is 10.1. The molecular formula is C12H16N4. The van der Waals surface area contributed by atoms with Gasteiger partial charge in [-0.15, -0.1) is 0 Å². The van der Waals surface area contributed by atoms with Gasteiger partial charge in [0.15, 0.2) is 0 Å². The van der Waals surface area contributed by atoms with Crippen LogP contribution in [0.4, 0.5) is 11.4 Å². The fourth-order valence-electron chi connectivity index (χ4n) is 1.97. The van der Waals surface area contributed by atoms with Gasteiger partial charge in [0.25, 0.3) is 0 Å². The third kappa shape index (κ3) is 1.95. The molecule has 1 saturated heterocycles. The monoisotopic (exact) mass is 216 g/mol. The van der Waals surface area contributed by atoms with Crippen molar-refractivity contribution in [3.63, 3.8) is 0 Å². The van der Waals surface area contributed by atoms with Crippen molar-refractivity contribution in [2.75, 3.05) is 36.8 Å². The van der Waals surface area contributed by atoms with E-state index in [9.17, 15) is 0 Å². The molecule has 0 amide bonds. The van der Waals surface area contributed by atoms with Crippen LogP contribution in [0.5, 0.6) is 0 Å². The molecule has 1 fully saturated rings. The van der Waals surface area contributed by atoms with Crippen LogP contribution in [-0.2, 0) is 0 Å². The lowest BCUT2D eigenvalue weighted by Crippen LogP contribution is -2.43. The molecule has 1 aliphatic rings. The molecule has 0 radical (unpaired) electrons. The van der Waals surface area contributed by atoms with Gasteiger partial charge in [-0.05, 0) is 24.6 Å². The number of aryl methyl sites for hydroxylation is 1. The Kier molecular flexibility index (Phi) is 2.97. The molecule has 1 aromatic rings. The lowest BCUT2D eigenvalue weighted by molar-refractivity contribution is 0.589. The Labute approximate surface area is 95.7 Å². The number of nitrogens with zero attached hydrogens (tertiary/aromatic N) is 2. The van der Waals surface area contributed by atoms with Crippen LogP contribution in [0.1, 0.15) is 11.1 Å². The molecule has 0 unspecified atom stereocenters. The van der Waals surface area contributed by atoms with Gasteiger partial charge in [-0.3, -0.25) is 0 Å². The molecule has 0 aliphatic carbocycles. The van der Waals surface area contributed by atoms with Crippen LogP contribution in [0.3, 0.4) is 0 Å². The van der Waals surface area contributed by atoms with Gasteiger partial charge in [-0.2, -0.15) is 5.26 Å². The second-order valence-corrected chi connectivity index (χ2v) is 4.07. The normalized spacial score (nSPS) is 15.9. The topological polar surface area (TPSA) is 65.1 Å². The van der Waals surface area contributed by atoms with Crippen LogP contribution in [0.25, 0.3) is 0 Å². The first-order chi connectivity index (χ1) is 7.72. The molecule has 0 atom stereocenters. The summed E-state index contributed by atoms with van der Waals surface area (Å²) in [4.78, 5) is 2.21. The second kappa shape index (κ2) is 4.42.